The highest BCUT2D eigenvalue weighted by Crippen LogP contribution is 2.45. The molecule has 3 rings (SSSR count). The number of rotatable bonds is 5. The van der Waals surface area contributed by atoms with Crippen LogP contribution >= 0.6 is 39.5 Å². The number of nitrogens with one attached hydrogen (secondary N) is 1. The molecule has 27 heavy (non-hydrogen) atoms. The highest BCUT2D eigenvalue weighted by molar-refractivity contribution is 9.10. The van der Waals surface area contributed by atoms with Gasteiger partial charge in [0.05, 0.1) is 16.7 Å². The quantitative estimate of drug-likeness (QED) is 0.487. The molecule has 0 bridgehead atoms. The average Bonchev–Trinajstić information content (AvgIpc) is 3.14. The second-order valence-electron chi connectivity index (χ2n) is 6.90. The van der Waals surface area contributed by atoms with Gasteiger partial charge in [-0.1, -0.05) is 22.0 Å². The third-order valence-electron chi connectivity index (χ3n) is 4.66. The summed E-state index contributed by atoms with van der Waals surface area (Å²) in [6, 6.07) is 8.42. The van der Waals surface area contributed by atoms with Gasteiger partial charge in [-0.15, -0.1) is 23.5 Å². The van der Waals surface area contributed by atoms with Crippen molar-refractivity contribution in [1.82, 2.24) is 9.99 Å². The molecule has 144 valence electrons. The van der Waals surface area contributed by atoms with Gasteiger partial charge >= 0.3 is 0 Å². The number of carbonyl (C=O) groups excluding carboxylic acids is 1. The first-order valence-corrected chi connectivity index (χ1v) is 11.6. The van der Waals surface area contributed by atoms with E-state index in [2.05, 4.69) is 83.0 Å². The predicted octanol–water partition coefficient (Wildman–Crippen LogP) is 5.20. The van der Waals surface area contributed by atoms with E-state index in [9.17, 15) is 4.79 Å². The van der Waals surface area contributed by atoms with Crippen molar-refractivity contribution in [2.75, 3.05) is 11.5 Å². The minimum absolute atomic E-state index is 0.0196. The highest BCUT2D eigenvalue weighted by atomic mass is 79.9. The molecule has 2 aromatic rings. The third-order valence-corrected chi connectivity index (χ3v) is 8.80. The molecule has 0 atom stereocenters. The number of halogens is 1. The standard InChI is InChI=1S/C20H24BrN3OS2/c1-13-5-6-17(10-18(13)21)24-14(2)9-16(15(24)3)12-22-23-19(25)11-20(4)26-7-8-27-20/h5-6,9-10,12H,7-8,11H2,1-4H3,(H,23,25). The molecule has 0 aliphatic carbocycles. The van der Waals surface area contributed by atoms with E-state index in [1.807, 2.05) is 23.5 Å². The molecule has 0 unspecified atom stereocenters. The zero-order chi connectivity index (χ0) is 19.6. The number of benzene rings is 1. The van der Waals surface area contributed by atoms with Crippen LogP contribution in [0.4, 0.5) is 0 Å². The summed E-state index contributed by atoms with van der Waals surface area (Å²) in [4.78, 5) is 12.2. The first-order valence-electron chi connectivity index (χ1n) is 8.84. The number of thioether (sulfide) groups is 2. The second-order valence-corrected chi connectivity index (χ2v) is 11.2. The van der Waals surface area contributed by atoms with Crippen LogP contribution in [0.5, 0.6) is 0 Å². The van der Waals surface area contributed by atoms with E-state index < -0.39 is 0 Å². The van der Waals surface area contributed by atoms with Gasteiger partial charge in [-0.3, -0.25) is 4.79 Å². The maximum atomic E-state index is 12.2. The first-order chi connectivity index (χ1) is 12.8. The molecule has 1 aromatic carbocycles. The summed E-state index contributed by atoms with van der Waals surface area (Å²) in [5.41, 5.74) is 8.22. The summed E-state index contributed by atoms with van der Waals surface area (Å²) in [6.45, 7) is 8.35. The lowest BCUT2D eigenvalue weighted by atomic mass is 10.2. The van der Waals surface area contributed by atoms with Crippen LogP contribution in [0.2, 0.25) is 0 Å². The topological polar surface area (TPSA) is 46.4 Å². The minimum atomic E-state index is -0.0353. The molecular weight excluding hydrogens is 442 g/mol. The van der Waals surface area contributed by atoms with Crippen LogP contribution in [-0.4, -0.2) is 32.3 Å². The predicted molar refractivity (Wildman–Crippen MR) is 121 cm³/mol. The molecule has 1 saturated heterocycles. The van der Waals surface area contributed by atoms with Gasteiger partial charge in [0.1, 0.15) is 0 Å². The molecule has 1 fully saturated rings. The second kappa shape index (κ2) is 8.45. The summed E-state index contributed by atoms with van der Waals surface area (Å²) >= 11 is 7.31. The van der Waals surface area contributed by atoms with Gasteiger partial charge in [-0.05, 0) is 51.5 Å². The molecule has 4 nitrogen and oxygen atoms in total. The van der Waals surface area contributed by atoms with Crippen molar-refractivity contribution in [3.63, 3.8) is 0 Å². The van der Waals surface area contributed by atoms with Gasteiger partial charge in [-0.25, -0.2) is 5.43 Å². The van der Waals surface area contributed by atoms with Crippen LogP contribution < -0.4 is 5.43 Å². The molecule has 1 aliphatic rings. The van der Waals surface area contributed by atoms with E-state index in [4.69, 9.17) is 0 Å². The van der Waals surface area contributed by atoms with Gasteiger partial charge in [0.25, 0.3) is 0 Å². The number of hydrogen-bond donors (Lipinski definition) is 1. The average molecular weight is 466 g/mol. The summed E-state index contributed by atoms with van der Waals surface area (Å²) < 4.78 is 3.26. The molecule has 7 heteroatoms. The van der Waals surface area contributed by atoms with E-state index in [1.165, 1.54) is 5.56 Å². The van der Waals surface area contributed by atoms with Crippen molar-refractivity contribution < 1.29 is 4.79 Å². The highest BCUT2D eigenvalue weighted by Gasteiger charge is 2.32. The lowest BCUT2D eigenvalue weighted by Crippen LogP contribution is -2.26. The number of hydrazone groups is 1. The minimum Gasteiger partial charge on any atom is -0.318 e. The number of hydrogen-bond acceptors (Lipinski definition) is 4. The Hall–Kier alpha value is -1.18. The molecule has 2 heterocycles. The summed E-state index contributed by atoms with van der Waals surface area (Å²) in [6.07, 6.45) is 2.22. The van der Waals surface area contributed by atoms with Crippen LogP contribution in [0.3, 0.4) is 0 Å². The Bertz CT molecular complexity index is 886. The molecule has 0 saturated carbocycles. The van der Waals surface area contributed by atoms with Crippen LogP contribution in [0.1, 0.15) is 35.9 Å². The Kier molecular flexibility index (Phi) is 6.43. The molecule has 1 N–H and O–H groups in total. The van der Waals surface area contributed by atoms with Crippen molar-refractivity contribution in [2.24, 2.45) is 5.10 Å². The number of nitrogens with zero attached hydrogens (tertiary/aromatic N) is 2. The monoisotopic (exact) mass is 465 g/mol. The number of amides is 1. The molecule has 1 amide bonds. The Morgan fingerprint density at radius 3 is 2.67 bits per heavy atom. The molecular formula is C20H24BrN3OS2. The van der Waals surface area contributed by atoms with Crippen LogP contribution in [0, 0.1) is 20.8 Å². The molecule has 1 aromatic heterocycles. The van der Waals surface area contributed by atoms with Gasteiger partial charge in [0, 0.05) is 38.6 Å². The Morgan fingerprint density at radius 1 is 1.30 bits per heavy atom. The van der Waals surface area contributed by atoms with E-state index in [0.29, 0.717) is 6.42 Å². The van der Waals surface area contributed by atoms with Crippen molar-refractivity contribution in [1.29, 1.82) is 0 Å². The Morgan fingerprint density at radius 2 is 2.00 bits per heavy atom. The van der Waals surface area contributed by atoms with Gasteiger partial charge in [0.2, 0.25) is 5.91 Å². The van der Waals surface area contributed by atoms with Gasteiger partial charge < -0.3 is 4.57 Å². The lowest BCUT2D eigenvalue weighted by Gasteiger charge is -2.19. The molecule has 1 aliphatic heterocycles. The molecule has 0 spiro atoms. The van der Waals surface area contributed by atoms with Gasteiger partial charge in [-0.2, -0.15) is 5.10 Å². The summed E-state index contributed by atoms with van der Waals surface area (Å²) in [5.74, 6) is 2.18. The van der Waals surface area contributed by atoms with Crippen molar-refractivity contribution in [3.05, 3.63) is 51.3 Å². The Balaban J connectivity index is 1.71. The van der Waals surface area contributed by atoms with Crippen molar-refractivity contribution in [3.8, 4) is 5.69 Å². The normalized spacial score (nSPS) is 16.2. The maximum Gasteiger partial charge on any atom is 0.242 e. The van der Waals surface area contributed by atoms with Crippen molar-refractivity contribution in [2.45, 2.75) is 38.2 Å². The largest absolute Gasteiger partial charge is 0.318 e. The van der Waals surface area contributed by atoms with Crippen LogP contribution in [0.25, 0.3) is 5.69 Å². The summed E-state index contributed by atoms with van der Waals surface area (Å²) in [7, 11) is 0. The Labute approximate surface area is 177 Å². The lowest BCUT2D eigenvalue weighted by molar-refractivity contribution is -0.121. The van der Waals surface area contributed by atoms with Crippen molar-refractivity contribution >= 4 is 51.6 Å². The third kappa shape index (κ3) is 4.81. The summed E-state index contributed by atoms with van der Waals surface area (Å²) in [5, 5.41) is 4.19. The fourth-order valence-electron chi connectivity index (χ4n) is 3.20. The maximum absolute atomic E-state index is 12.2. The van der Waals surface area contributed by atoms with Crippen LogP contribution in [0.15, 0.2) is 33.8 Å². The SMILES string of the molecule is Cc1ccc(-n2c(C)cc(C=NNC(=O)CC3(C)SCCS3)c2C)cc1Br. The van der Waals surface area contributed by atoms with Crippen LogP contribution in [-0.2, 0) is 4.79 Å². The number of aromatic nitrogens is 1. The fourth-order valence-corrected chi connectivity index (χ4v) is 6.40. The van der Waals surface area contributed by atoms with E-state index in [-0.39, 0.29) is 9.99 Å². The smallest absolute Gasteiger partial charge is 0.242 e. The number of aryl methyl sites for hydroxylation is 2. The zero-order valence-electron chi connectivity index (χ0n) is 16.0. The van der Waals surface area contributed by atoms with E-state index in [0.717, 1.165) is 38.6 Å². The van der Waals surface area contributed by atoms with Gasteiger partial charge in [0.15, 0.2) is 0 Å². The van der Waals surface area contributed by atoms with E-state index >= 15 is 0 Å². The van der Waals surface area contributed by atoms with E-state index in [1.54, 1.807) is 6.21 Å². The fraction of sp³-hybridized carbons (Fsp3) is 0.400. The number of carbonyl (C=O) groups is 1. The first kappa shape index (κ1) is 20.6. The molecule has 0 radical (unpaired) electrons. The zero-order valence-corrected chi connectivity index (χ0v) is 19.2.